The lowest BCUT2D eigenvalue weighted by Crippen LogP contribution is -2.50. The molecule has 1 aliphatic heterocycles. The first-order valence-corrected chi connectivity index (χ1v) is 8.01. The maximum atomic E-state index is 12.4. The number of anilines is 2. The Kier molecular flexibility index (Phi) is 4.78. The lowest BCUT2D eigenvalue weighted by Gasteiger charge is -2.35. The van der Waals surface area contributed by atoms with Gasteiger partial charge in [-0.1, -0.05) is 18.2 Å². The molecule has 3 rings (SSSR count). The number of piperazine rings is 1. The number of nitro groups is 1. The minimum Gasteiger partial charge on any atom is -0.353 e. The van der Waals surface area contributed by atoms with Crippen LogP contribution in [0.3, 0.4) is 0 Å². The molecule has 1 N–H and O–H groups in total. The molecule has 0 aliphatic carbocycles. The van der Waals surface area contributed by atoms with Gasteiger partial charge in [0.25, 0.3) is 5.69 Å². The Labute approximate surface area is 145 Å². The second-order valence-corrected chi connectivity index (χ2v) is 5.85. The highest BCUT2D eigenvalue weighted by molar-refractivity contribution is 5.90. The molecule has 0 atom stereocenters. The Morgan fingerprint density at radius 1 is 1.16 bits per heavy atom. The van der Waals surface area contributed by atoms with Crippen LogP contribution in [0, 0.1) is 17.0 Å². The molecule has 0 bridgehead atoms. The minimum absolute atomic E-state index is 0.0278. The van der Waals surface area contributed by atoms with E-state index >= 15 is 0 Å². The lowest BCUT2D eigenvalue weighted by atomic mass is 10.2. The summed E-state index contributed by atoms with van der Waals surface area (Å²) in [6.07, 6.45) is 1.26. The number of urea groups is 1. The lowest BCUT2D eigenvalue weighted by molar-refractivity contribution is -0.385. The quantitative estimate of drug-likeness (QED) is 0.684. The van der Waals surface area contributed by atoms with Gasteiger partial charge in [-0.25, -0.2) is 9.78 Å². The fraction of sp³-hybridized carbons (Fsp3) is 0.294. The summed E-state index contributed by atoms with van der Waals surface area (Å²) in [5.41, 5.74) is 1.80. The molecule has 8 nitrogen and oxygen atoms in total. The van der Waals surface area contributed by atoms with Crippen molar-refractivity contribution in [1.82, 2.24) is 9.88 Å². The van der Waals surface area contributed by atoms with E-state index in [1.165, 1.54) is 12.3 Å². The molecule has 1 aromatic heterocycles. The number of amides is 2. The molecular formula is C17H19N5O3. The standard InChI is InChI=1S/C17H19N5O3/c1-13-4-2-3-5-15(13)19-17(23)21-10-8-20(9-11-21)16-7-6-14(12-18-16)22(24)25/h2-7,12H,8-11H2,1H3,(H,19,23). The normalized spacial score (nSPS) is 14.3. The van der Waals surface area contributed by atoms with Gasteiger partial charge in [0.15, 0.2) is 0 Å². The second kappa shape index (κ2) is 7.16. The van der Waals surface area contributed by atoms with Crippen molar-refractivity contribution in [1.29, 1.82) is 0 Å². The average Bonchev–Trinajstić information content (AvgIpc) is 2.64. The van der Waals surface area contributed by atoms with Gasteiger partial charge in [-0.2, -0.15) is 0 Å². The Balaban J connectivity index is 1.57. The van der Waals surface area contributed by atoms with Crippen molar-refractivity contribution in [3.8, 4) is 0 Å². The summed E-state index contributed by atoms with van der Waals surface area (Å²) in [5, 5.41) is 13.6. The first-order chi connectivity index (χ1) is 12.0. The van der Waals surface area contributed by atoms with E-state index in [0.717, 1.165) is 11.3 Å². The summed E-state index contributed by atoms with van der Waals surface area (Å²) in [6.45, 7) is 4.35. The fourth-order valence-electron chi connectivity index (χ4n) is 2.72. The molecule has 0 unspecified atom stereocenters. The van der Waals surface area contributed by atoms with E-state index < -0.39 is 4.92 Å². The van der Waals surface area contributed by atoms with E-state index in [9.17, 15) is 14.9 Å². The van der Waals surface area contributed by atoms with Crippen LogP contribution in [0.1, 0.15) is 5.56 Å². The van der Waals surface area contributed by atoms with Gasteiger partial charge >= 0.3 is 6.03 Å². The molecule has 0 saturated carbocycles. The Hall–Kier alpha value is -3.16. The molecule has 1 fully saturated rings. The van der Waals surface area contributed by atoms with Crippen LogP contribution in [-0.4, -0.2) is 47.0 Å². The average molecular weight is 341 g/mol. The van der Waals surface area contributed by atoms with Gasteiger partial charge in [0, 0.05) is 37.9 Å². The van der Waals surface area contributed by atoms with Gasteiger partial charge in [-0.3, -0.25) is 10.1 Å². The number of nitrogens with zero attached hydrogens (tertiary/aromatic N) is 4. The van der Waals surface area contributed by atoms with Crippen LogP contribution < -0.4 is 10.2 Å². The summed E-state index contributed by atoms with van der Waals surface area (Å²) in [6, 6.07) is 10.6. The number of benzene rings is 1. The van der Waals surface area contributed by atoms with Crippen molar-refractivity contribution in [3.05, 3.63) is 58.3 Å². The molecular weight excluding hydrogens is 322 g/mol. The first-order valence-electron chi connectivity index (χ1n) is 8.01. The summed E-state index contributed by atoms with van der Waals surface area (Å²) in [5.74, 6) is 0.685. The third-order valence-corrected chi connectivity index (χ3v) is 4.22. The summed E-state index contributed by atoms with van der Waals surface area (Å²) in [7, 11) is 0. The highest BCUT2D eigenvalue weighted by Gasteiger charge is 2.22. The van der Waals surface area contributed by atoms with Crippen LogP contribution in [0.2, 0.25) is 0 Å². The number of aryl methyl sites for hydroxylation is 1. The molecule has 8 heteroatoms. The van der Waals surface area contributed by atoms with Gasteiger partial charge < -0.3 is 15.1 Å². The van der Waals surface area contributed by atoms with Crippen LogP contribution in [0.25, 0.3) is 0 Å². The van der Waals surface area contributed by atoms with Crippen LogP contribution in [0.15, 0.2) is 42.6 Å². The highest BCUT2D eigenvalue weighted by Crippen LogP contribution is 2.18. The van der Waals surface area contributed by atoms with E-state index in [2.05, 4.69) is 10.3 Å². The van der Waals surface area contributed by atoms with Gasteiger partial charge in [0.2, 0.25) is 0 Å². The van der Waals surface area contributed by atoms with Crippen molar-refractivity contribution in [2.75, 3.05) is 36.4 Å². The molecule has 130 valence electrons. The monoisotopic (exact) mass is 341 g/mol. The summed E-state index contributed by atoms with van der Waals surface area (Å²) < 4.78 is 0. The second-order valence-electron chi connectivity index (χ2n) is 5.85. The summed E-state index contributed by atoms with van der Waals surface area (Å²) in [4.78, 5) is 30.5. The number of hydrogen-bond acceptors (Lipinski definition) is 5. The number of nitrogens with one attached hydrogen (secondary N) is 1. The molecule has 0 radical (unpaired) electrons. The SMILES string of the molecule is Cc1ccccc1NC(=O)N1CCN(c2ccc([N+](=O)[O-])cn2)CC1. The predicted molar refractivity (Wildman–Crippen MR) is 94.9 cm³/mol. The van der Waals surface area contributed by atoms with Gasteiger partial charge in [0.05, 0.1) is 4.92 Å². The number of rotatable bonds is 3. The number of aromatic nitrogens is 1. The van der Waals surface area contributed by atoms with Crippen molar-refractivity contribution >= 4 is 23.2 Å². The highest BCUT2D eigenvalue weighted by atomic mass is 16.6. The zero-order valence-corrected chi connectivity index (χ0v) is 13.9. The van der Waals surface area contributed by atoms with Crippen LogP contribution in [0.4, 0.5) is 22.0 Å². The van der Waals surface area contributed by atoms with Crippen molar-refractivity contribution in [2.45, 2.75) is 6.92 Å². The zero-order chi connectivity index (χ0) is 17.8. The molecule has 2 heterocycles. The molecule has 25 heavy (non-hydrogen) atoms. The number of pyridine rings is 1. The smallest absolute Gasteiger partial charge is 0.321 e. The maximum absolute atomic E-state index is 12.4. The zero-order valence-electron chi connectivity index (χ0n) is 13.9. The number of carbonyl (C=O) groups excluding carboxylic acids is 1. The van der Waals surface area contributed by atoms with E-state index in [1.54, 1.807) is 11.0 Å². The topological polar surface area (TPSA) is 91.6 Å². The third-order valence-electron chi connectivity index (χ3n) is 4.22. The molecule has 1 aromatic carbocycles. The van der Waals surface area contributed by atoms with E-state index in [4.69, 9.17) is 0 Å². The van der Waals surface area contributed by atoms with Crippen molar-refractivity contribution in [3.63, 3.8) is 0 Å². The van der Waals surface area contributed by atoms with Crippen molar-refractivity contribution in [2.24, 2.45) is 0 Å². The Bertz CT molecular complexity index is 770. The number of carbonyl (C=O) groups is 1. The Morgan fingerprint density at radius 3 is 2.48 bits per heavy atom. The number of hydrogen-bond donors (Lipinski definition) is 1. The van der Waals surface area contributed by atoms with Crippen LogP contribution >= 0.6 is 0 Å². The molecule has 1 aliphatic rings. The predicted octanol–water partition coefficient (Wildman–Crippen LogP) is 2.65. The molecule has 2 aromatic rings. The van der Waals surface area contributed by atoms with Crippen LogP contribution in [0.5, 0.6) is 0 Å². The van der Waals surface area contributed by atoms with Gasteiger partial charge in [0.1, 0.15) is 12.0 Å². The Morgan fingerprint density at radius 2 is 1.88 bits per heavy atom. The van der Waals surface area contributed by atoms with Gasteiger partial charge in [-0.05, 0) is 24.6 Å². The molecule has 2 amide bonds. The van der Waals surface area contributed by atoms with E-state index in [-0.39, 0.29) is 11.7 Å². The largest absolute Gasteiger partial charge is 0.353 e. The minimum atomic E-state index is -0.468. The van der Waals surface area contributed by atoms with Gasteiger partial charge in [-0.15, -0.1) is 0 Å². The number of para-hydroxylation sites is 1. The van der Waals surface area contributed by atoms with E-state index in [0.29, 0.717) is 32.0 Å². The van der Waals surface area contributed by atoms with Crippen molar-refractivity contribution < 1.29 is 9.72 Å². The fourth-order valence-corrected chi connectivity index (χ4v) is 2.72. The first kappa shape index (κ1) is 16.7. The molecule has 0 spiro atoms. The van der Waals surface area contributed by atoms with Crippen LogP contribution in [-0.2, 0) is 0 Å². The molecule has 1 saturated heterocycles. The summed E-state index contributed by atoms with van der Waals surface area (Å²) >= 11 is 0. The van der Waals surface area contributed by atoms with E-state index in [1.807, 2.05) is 36.1 Å². The third kappa shape index (κ3) is 3.85. The maximum Gasteiger partial charge on any atom is 0.321 e.